The van der Waals surface area contributed by atoms with Gasteiger partial charge >= 0.3 is 12.4 Å². The van der Waals surface area contributed by atoms with Crippen molar-refractivity contribution in [1.82, 2.24) is 9.71 Å². The minimum atomic E-state index is -4.78. The monoisotopic (exact) mass is 309 g/mol. The van der Waals surface area contributed by atoms with Crippen LogP contribution in [0.4, 0.5) is 18.0 Å². The Kier molecular flexibility index (Phi) is 3.71. The minimum absolute atomic E-state index is 0.0820. The van der Waals surface area contributed by atoms with Crippen molar-refractivity contribution in [3.05, 3.63) is 18.2 Å². The van der Waals surface area contributed by atoms with E-state index in [1.165, 1.54) is 12.1 Å². The predicted octanol–water partition coefficient (Wildman–Crippen LogP) is 2.87. The van der Waals surface area contributed by atoms with Crippen molar-refractivity contribution in [2.24, 2.45) is 5.73 Å². The summed E-state index contributed by atoms with van der Waals surface area (Å²) >= 11 is 1.94. The lowest BCUT2D eigenvalue weighted by Gasteiger charge is -2.08. The fraction of sp³-hybridized carbons (Fsp3) is 0.111. The Balaban J connectivity index is 2.31. The van der Waals surface area contributed by atoms with Crippen LogP contribution in [-0.2, 0) is 0 Å². The fourth-order valence-corrected chi connectivity index (χ4v) is 2.85. The molecule has 0 radical (unpaired) electrons. The smallest absolute Gasteiger partial charge is 0.403 e. The molecule has 0 spiro atoms. The number of ether oxygens (including phenoxy) is 1. The van der Waals surface area contributed by atoms with Gasteiger partial charge in [-0.3, -0.25) is 4.72 Å². The lowest BCUT2D eigenvalue weighted by Crippen LogP contribution is -2.22. The molecular weight excluding hydrogens is 303 g/mol. The first kappa shape index (κ1) is 13.7. The molecule has 102 valence electrons. The summed E-state index contributed by atoms with van der Waals surface area (Å²) in [7, 11) is 0. The Hall–Kier alpha value is -1.68. The van der Waals surface area contributed by atoms with Crippen LogP contribution < -0.4 is 15.2 Å². The molecule has 2 amide bonds. The maximum absolute atomic E-state index is 12.2. The zero-order chi connectivity index (χ0) is 14.0. The number of thiazole rings is 1. The molecule has 0 aliphatic carbocycles. The van der Waals surface area contributed by atoms with Crippen LogP contribution >= 0.6 is 23.3 Å². The summed E-state index contributed by atoms with van der Waals surface area (Å²) in [6, 6.07) is 3.43. The third-order valence-corrected chi connectivity index (χ3v) is 3.71. The first-order valence-corrected chi connectivity index (χ1v) is 6.36. The van der Waals surface area contributed by atoms with Gasteiger partial charge in [0.2, 0.25) is 0 Å². The Morgan fingerprint density at radius 3 is 2.84 bits per heavy atom. The van der Waals surface area contributed by atoms with Crippen LogP contribution in [-0.4, -0.2) is 17.4 Å². The summed E-state index contributed by atoms with van der Waals surface area (Å²) in [6.45, 7) is 0. The molecule has 0 saturated carbocycles. The average molecular weight is 309 g/mol. The molecule has 0 aliphatic rings. The Morgan fingerprint density at radius 1 is 1.47 bits per heavy atom. The highest BCUT2D eigenvalue weighted by atomic mass is 32.2. The number of primary amides is 1. The quantitative estimate of drug-likeness (QED) is 0.855. The second-order valence-electron chi connectivity index (χ2n) is 3.20. The number of para-hydroxylation sites is 1. The fourth-order valence-electron chi connectivity index (χ4n) is 1.25. The van der Waals surface area contributed by atoms with Crippen LogP contribution in [0.15, 0.2) is 22.5 Å². The third kappa shape index (κ3) is 3.64. The number of nitrogens with one attached hydrogen (secondary N) is 1. The van der Waals surface area contributed by atoms with Crippen LogP contribution in [0, 0.1) is 0 Å². The number of hydrogen-bond donors (Lipinski definition) is 2. The van der Waals surface area contributed by atoms with Gasteiger partial charge in [-0.25, -0.2) is 9.78 Å². The first-order valence-electron chi connectivity index (χ1n) is 4.73. The highest BCUT2D eigenvalue weighted by molar-refractivity contribution is 7.99. The number of halogens is 3. The molecule has 0 atom stereocenters. The van der Waals surface area contributed by atoms with Crippen molar-refractivity contribution in [2.45, 2.75) is 10.7 Å². The summed E-state index contributed by atoms with van der Waals surface area (Å²) in [4.78, 5) is 14.5. The van der Waals surface area contributed by atoms with Crippen molar-refractivity contribution in [2.75, 3.05) is 0 Å². The maximum atomic E-state index is 12.2. The summed E-state index contributed by atoms with van der Waals surface area (Å²) in [5.41, 5.74) is 4.96. The van der Waals surface area contributed by atoms with Gasteiger partial charge in [0.1, 0.15) is 5.52 Å². The first-order chi connectivity index (χ1) is 8.85. The molecule has 0 aliphatic heterocycles. The molecule has 0 fully saturated rings. The molecule has 0 saturated heterocycles. The van der Waals surface area contributed by atoms with Crippen LogP contribution in [0.1, 0.15) is 0 Å². The molecule has 3 N–H and O–H groups in total. The van der Waals surface area contributed by atoms with Gasteiger partial charge in [0.15, 0.2) is 10.1 Å². The molecule has 1 heterocycles. The zero-order valence-electron chi connectivity index (χ0n) is 9.02. The second kappa shape index (κ2) is 5.13. The summed E-state index contributed by atoms with van der Waals surface area (Å²) < 4.78 is 43.6. The molecule has 1 aromatic heterocycles. The number of nitrogens with two attached hydrogens (primary N) is 1. The molecule has 0 unspecified atom stereocenters. The van der Waals surface area contributed by atoms with Crippen molar-refractivity contribution in [1.29, 1.82) is 0 Å². The number of urea groups is 1. The number of benzene rings is 1. The van der Waals surface area contributed by atoms with Gasteiger partial charge in [-0.1, -0.05) is 6.07 Å². The maximum Gasteiger partial charge on any atom is 0.573 e. The summed E-state index contributed by atoms with van der Waals surface area (Å²) in [5, 5.41) is 0. The lowest BCUT2D eigenvalue weighted by atomic mass is 10.3. The van der Waals surface area contributed by atoms with Crippen LogP contribution in [0.3, 0.4) is 0 Å². The van der Waals surface area contributed by atoms with Crippen molar-refractivity contribution < 1.29 is 22.7 Å². The number of alkyl halides is 3. The topological polar surface area (TPSA) is 77.2 Å². The van der Waals surface area contributed by atoms with E-state index in [-0.39, 0.29) is 11.3 Å². The van der Waals surface area contributed by atoms with Gasteiger partial charge in [0.25, 0.3) is 0 Å². The normalized spacial score (nSPS) is 11.5. The largest absolute Gasteiger partial charge is 0.573 e. The van der Waals surface area contributed by atoms with E-state index in [0.717, 1.165) is 23.3 Å². The van der Waals surface area contributed by atoms with E-state index in [4.69, 9.17) is 5.73 Å². The van der Waals surface area contributed by atoms with E-state index in [2.05, 4.69) is 14.4 Å². The Morgan fingerprint density at radius 2 is 2.21 bits per heavy atom. The van der Waals surface area contributed by atoms with Crippen molar-refractivity contribution in [3.8, 4) is 5.75 Å². The Labute approximate surface area is 113 Å². The van der Waals surface area contributed by atoms with Gasteiger partial charge in [-0.2, -0.15) is 0 Å². The number of hydrogen-bond acceptors (Lipinski definition) is 5. The SMILES string of the molecule is NC(=O)NSc1nc2c(OC(F)(F)F)cccc2s1. The van der Waals surface area contributed by atoms with E-state index in [1.54, 1.807) is 6.07 Å². The standard InChI is InChI=1S/C9H6F3N3O2S2/c10-9(11,12)17-4-2-1-3-5-6(4)14-8(18-5)19-15-7(13)16/h1-3H,(H3,13,15,16). The Bertz CT molecular complexity index is 614. The second-order valence-corrected chi connectivity index (χ2v) is 5.28. The molecule has 5 nitrogen and oxygen atoms in total. The third-order valence-electron chi connectivity index (χ3n) is 1.83. The predicted molar refractivity (Wildman–Crippen MR) is 64.9 cm³/mol. The van der Waals surface area contributed by atoms with Gasteiger partial charge in [-0.05, 0) is 12.1 Å². The van der Waals surface area contributed by atoms with E-state index in [0.29, 0.717) is 9.04 Å². The van der Waals surface area contributed by atoms with Gasteiger partial charge in [-0.15, -0.1) is 24.5 Å². The van der Waals surface area contributed by atoms with Gasteiger partial charge in [0.05, 0.1) is 4.70 Å². The highest BCUT2D eigenvalue weighted by Gasteiger charge is 2.32. The molecule has 2 aromatic rings. The molecular formula is C9H6F3N3O2S2. The number of carbonyl (C=O) groups excluding carboxylic acids is 1. The number of fused-ring (bicyclic) bond motifs is 1. The van der Waals surface area contributed by atoms with Crippen molar-refractivity contribution >= 4 is 39.5 Å². The van der Waals surface area contributed by atoms with Crippen molar-refractivity contribution in [3.63, 3.8) is 0 Å². The van der Waals surface area contributed by atoms with Crippen LogP contribution in [0.5, 0.6) is 5.75 Å². The molecule has 1 aromatic carbocycles. The van der Waals surface area contributed by atoms with Gasteiger partial charge in [0, 0.05) is 11.9 Å². The summed E-state index contributed by atoms with van der Waals surface area (Å²) in [6.07, 6.45) is -4.78. The number of aromatic nitrogens is 1. The van der Waals surface area contributed by atoms with Crippen LogP contribution in [0.2, 0.25) is 0 Å². The van der Waals surface area contributed by atoms with E-state index < -0.39 is 12.4 Å². The van der Waals surface area contributed by atoms with E-state index >= 15 is 0 Å². The molecule has 10 heteroatoms. The molecule has 19 heavy (non-hydrogen) atoms. The van der Waals surface area contributed by atoms with E-state index in [1.807, 2.05) is 0 Å². The van der Waals surface area contributed by atoms with E-state index in [9.17, 15) is 18.0 Å². The van der Waals surface area contributed by atoms with Crippen LogP contribution in [0.25, 0.3) is 10.2 Å². The number of amides is 2. The number of carbonyl (C=O) groups is 1. The lowest BCUT2D eigenvalue weighted by molar-refractivity contribution is -0.274. The molecule has 0 bridgehead atoms. The highest BCUT2D eigenvalue weighted by Crippen LogP contribution is 2.35. The number of nitrogens with zero attached hydrogens (tertiary/aromatic N) is 1. The molecule has 2 rings (SSSR count). The zero-order valence-corrected chi connectivity index (χ0v) is 10.7. The minimum Gasteiger partial charge on any atom is -0.403 e. The van der Waals surface area contributed by atoms with Gasteiger partial charge < -0.3 is 10.5 Å². The average Bonchev–Trinajstić information content (AvgIpc) is 2.68. The summed E-state index contributed by atoms with van der Waals surface area (Å²) in [5.74, 6) is -0.382. The number of rotatable bonds is 3.